The minimum atomic E-state index is -3.80. The number of nitrogens with zero attached hydrogens (tertiary/aromatic N) is 1. The summed E-state index contributed by atoms with van der Waals surface area (Å²) in [5.74, 6) is 0.264. The van der Waals surface area contributed by atoms with Crippen LogP contribution >= 0.6 is 0 Å². The maximum atomic E-state index is 12.6. The van der Waals surface area contributed by atoms with Crippen LogP contribution < -0.4 is 14.8 Å². The van der Waals surface area contributed by atoms with Crippen LogP contribution in [-0.2, 0) is 19.6 Å². The largest absolute Gasteiger partial charge is 0.486 e. The van der Waals surface area contributed by atoms with Crippen molar-refractivity contribution in [1.29, 1.82) is 0 Å². The second-order valence-electron chi connectivity index (χ2n) is 4.64. The summed E-state index contributed by atoms with van der Waals surface area (Å²) < 4.78 is 41.5. The molecule has 2 aliphatic heterocycles. The van der Waals surface area contributed by atoms with E-state index in [4.69, 9.17) is 9.47 Å². The van der Waals surface area contributed by atoms with Crippen molar-refractivity contribution in [3.8, 4) is 11.5 Å². The number of ether oxygens (including phenoxy) is 3. The molecule has 0 saturated carbocycles. The molecule has 1 aromatic rings. The molecule has 3 rings (SSSR count). The molecule has 0 amide bonds. The highest BCUT2D eigenvalue weighted by Gasteiger charge is 2.34. The second-order valence-corrected chi connectivity index (χ2v) is 6.58. The fourth-order valence-electron chi connectivity index (χ4n) is 2.17. The number of benzene rings is 1. The zero-order valence-electron chi connectivity index (χ0n) is 12.0. The Balaban J connectivity index is 2.13. The lowest BCUT2D eigenvalue weighted by atomic mass is 10.2. The maximum Gasteiger partial charge on any atom is 0.334 e. The van der Waals surface area contributed by atoms with Crippen LogP contribution in [0.3, 0.4) is 0 Å². The van der Waals surface area contributed by atoms with Crippen LogP contribution in [0.25, 0.3) is 0 Å². The molecule has 1 N–H and O–H groups in total. The molecular weight excluding hydrogens is 312 g/mol. The number of carbonyl (C=O) groups excluding carboxylic acids is 1. The van der Waals surface area contributed by atoms with Crippen molar-refractivity contribution in [3.05, 3.63) is 24.0 Å². The lowest BCUT2D eigenvalue weighted by molar-refractivity contribution is -0.134. The topological polar surface area (TPSA) is 94.2 Å². The van der Waals surface area contributed by atoms with Crippen molar-refractivity contribution in [3.63, 3.8) is 0 Å². The van der Waals surface area contributed by atoms with Gasteiger partial charge in [-0.1, -0.05) is 0 Å². The second kappa shape index (κ2) is 5.09. The first-order valence-electron chi connectivity index (χ1n) is 6.42. The van der Waals surface area contributed by atoms with Crippen LogP contribution in [-0.4, -0.2) is 46.1 Å². The summed E-state index contributed by atoms with van der Waals surface area (Å²) in [6.45, 7) is 0.756. The molecule has 0 radical (unpaired) electrons. The van der Waals surface area contributed by atoms with Gasteiger partial charge in [-0.25, -0.2) is 13.2 Å². The van der Waals surface area contributed by atoms with Gasteiger partial charge in [0.05, 0.1) is 18.9 Å². The predicted octanol–water partition coefficient (Wildman–Crippen LogP) is 0.518. The number of rotatable bonds is 1. The molecule has 22 heavy (non-hydrogen) atoms. The Labute approximate surface area is 127 Å². The maximum absolute atomic E-state index is 12.6. The van der Waals surface area contributed by atoms with Gasteiger partial charge in [0.15, 0.2) is 11.5 Å². The third-order valence-electron chi connectivity index (χ3n) is 3.34. The van der Waals surface area contributed by atoms with Gasteiger partial charge in [0.25, 0.3) is 10.0 Å². The summed E-state index contributed by atoms with van der Waals surface area (Å²) in [6, 6.07) is 2.96. The average molecular weight is 326 g/mol. The van der Waals surface area contributed by atoms with E-state index in [2.05, 4.69) is 10.1 Å². The van der Waals surface area contributed by atoms with E-state index >= 15 is 0 Å². The lowest BCUT2D eigenvalue weighted by Gasteiger charge is -2.31. The van der Waals surface area contributed by atoms with E-state index in [1.54, 1.807) is 6.07 Å². The Morgan fingerprint density at radius 3 is 2.59 bits per heavy atom. The quantitative estimate of drug-likeness (QED) is 0.594. The number of nitrogens with one attached hydrogen (secondary N) is 1. The van der Waals surface area contributed by atoms with Gasteiger partial charge in [0, 0.05) is 19.2 Å². The van der Waals surface area contributed by atoms with Crippen molar-refractivity contribution in [2.45, 2.75) is 4.90 Å². The molecule has 0 saturated heterocycles. The molecule has 0 atom stereocenters. The van der Waals surface area contributed by atoms with Crippen molar-refractivity contribution in [1.82, 2.24) is 4.31 Å². The summed E-state index contributed by atoms with van der Waals surface area (Å²) in [4.78, 5) is 11.4. The molecular formula is C13H14N2O6S. The minimum absolute atomic E-state index is 0.0567. The van der Waals surface area contributed by atoms with Gasteiger partial charge in [-0.3, -0.25) is 4.31 Å². The van der Waals surface area contributed by atoms with Crippen LogP contribution in [0.4, 0.5) is 5.69 Å². The van der Waals surface area contributed by atoms with E-state index < -0.39 is 16.0 Å². The number of hydrogen-bond donors (Lipinski definition) is 1. The lowest BCUT2D eigenvalue weighted by Crippen LogP contribution is -2.35. The van der Waals surface area contributed by atoms with Crippen molar-refractivity contribution >= 4 is 21.7 Å². The first kappa shape index (κ1) is 14.5. The molecule has 0 bridgehead atoms. The van der Waals surface area contributed by atoms with E-state index in [1.165, 1.54) is 20.2 Å². The molecule has 9 heteroatoms. The number of esters is 1. The molecule has 1 aromatic carbocycles. The Morgan fingerprint density at radius 2 is 1.95 bits per heavy atom. The number of sulfonamides is 1. The van der Waals surface area contributed by atoms with E-state index in [1.807, 2.05) is 0 Å². The van der Waals surface area contributed by atoms with Gasteiger partial charge in [0.1, 0.15) is 23.9 Å². The number of carbonyl (C=O) groups is 1. The van der Waals surface area contributed by atoms with Crippen LogP contribution in [0.5, 0.6) is 11.5 Å². The molecule has 2 aliphatic rings. The van der Waals surface area contributed by atoms with Crippen molar-refractivity contribution in [2.24, 2.45) is 0 Å². The number of hydrogen-bond acceptors (Lipinski definition) is 7. The van der Waals surface area contributed by atoms with E-state index in [0.29, 0.717) is 30.4 Å². The number of fused-ring (bicyclic) bond motifs is 2. The Hall–Kier alpha value is -2.42. The average Bonchev–Trinajstić information content (AvgIpc) is 2.51. The summed E-state index contributed by atoms with van der Waals surface area (Å²) >= 11 is 0. The van der Waals surface area contributed by atoms with Gasteiger partial charge in [-0.05, 0) is 0 Å². The third kappa shape index (κ3) is 2.23. The zero-order valence-corrected chi connectivity index (χ0v) is 12.8. The monoisotopic (exact) mass is 326 g/mol. The number of anilines is 1. The number of methoxy groups -OCH3 is 1. The predicted molar refractivity (Wildman–Crippen MR) is 76.1 cm³/mol. The Bertz CT molecular complexity index is 771. The summed E-state index contributed by atoms with van der Waals surface area (Å²) in [5, 5.41) is 2.89. The fourth-order valence-corrected chi connectivity index (χ4v) is 3.47. The molecule has 0 aliphatic carbocycles. The Morgan fingerprint density at radius 1 is 1.32 bits per heavy atom. The normalized spacial score (nSPS) is 20.1. The van der Waals surface area contributed by atoms with Gasteiger partial charge < -0.3 is 19.5 Å². The minimum Gasteiger partial charge on any atom is -0.486 e. The smallest absolute Gasteiger partial charge is 0.334 e. The van der Waals surface area contributed by atoms with E-state index in [0.717, 1.165) is 10.4 Å². The molecule has 0 spiro atoms. The van der Waals surface area contributed by atoms with Crippen LogP contribution in [0.2, 0.25) is 0 Å². The van der Waals surface area contributed by atoms with Crippen LogP contribution in [0, 0.1) is 0 Å². The fraction of sp³-hybridized carbons (Fsp3) is 0.308. The highest BCUT2D eigenvalue weighted by atomic mass is 32.2. The van der Waals surface area contributed by atoms with E-state index in [9.17, 15) is 13.2 Å². The standard InChI is InChI=1S/C13H14N2O6S/c1-15-12(7-13(16)19-2)14-8-5-9-10(21-4-3-20-9)6-11(8)22(15,17)18/h5-7,14H,3-4H2,1-2H3/b12-7-. The van der Waals surface area contributed by atoms with E-state index in [-0.39, 0.29) is 10.7 Å². The molecule has 0 unspecified atom stereocenters. The third-order valence-corrected chi connectivity index (χ3v) is 5.15. The first-order chi connectivity index (χ1) is 10.4. The highest BCUT2D eigenvalue weighted by Crippen LogP contribution is 2.41. The van der Waals surface area contributed by atoms with Gasteiger partial charge in [0.2, 0.25) is 0 Å². The molecule has 2 heterocycles. The molecule has 8 nitrogen and oxygen atoms in total. The van der Waals surface area contributed by atoms with Crippen LogP contribution in [0.15, 0.2) is 28.9 Å². The van der Waals surface area contributed by atoms with Crippen molar-refractivity contribution < 1.29 is 27.4 Å². The molecule has 118 valence electrons. The highest BCUT2D eigenvalue weighted by molar-refractivity contribution is 7.89. The Kier molecular flexibility index (Phi) is 3.36. The molecule has 0 fully saturated rings. The summed E-state index contributed by atoms with van der Waals surface area (Å²) in [7, 11) is -1.24. The first-order valence-corrected chi connectivity index (χ1v) is 7.87. The van der Waals surface area contributed by atoms with Gasteiger partial charge in [-0.15, -0.1) is 0 Å². The SMILES string of the molecule is COC(=O)/C=C1/Nc2cc3c(cc2S(=O)(=O)N1C)OCCO3. The van der Waals surface area contributed by atoms with Crippen LogP contribution in [0.1, 0.15) is 0 Å². The molecule has 0 aromatic heterocycles. The van der Waals surface area contributed by atoms with Gasteiger partial charge in [-0.2, -0.15) is 0 Å². The summed E-state index contributed by atoms with van der Waals surface area (Å²) in [5.41, 5.74) is 0.317. The zero-order chi connectivity index (χ0) is 15.9. The summed E-state index contributed by atoms with van der Waals surface area (Å²) in [6.07, 6.45) is 1.07. The van der Waals surface area contributed by atoms with Gasteiger partial charge >= 0.3 is 5.97 Å². The van der Waals surface area contributed by atoms with Crippen molar-refractivity contribution in [2.75, 3.05) is 32.7 Å².